The molecule has 1 unspecified atom stereocenters. The number of piperidine rings is 1. The van der Waals surface area contributed by atoms with Crippen LogP contribution in [0.25, 0.3) is 0 Å². The molecule has 0 aromatic heterocycles. The summed E-state index contributed by atoms with van der Waals surface area (Å²) in [6, 6.07) is 6.25. The van der Waals surface area contributed by atoms with E-state index in [1.165, 1.54) is 4.90 Å². The molecule has 0 bridgehead atoms. The van der Waals surface area contributed by atoms with Crippen LogP contribution in [0.2, 0.25) is 0 Å². The summed E-state index contributed by atoms with van der Waals surface area (Å²) in [6.45, 7) is 8.25. The predicted molar refractivity (Wildman–Crippen MR) is 106 cm³/mol. The van der Waals surface area contributed by atoms with Gasteiger partial charge in [-0.1, -0.05) is 29.3 Å². The maximum Gasteiger partial charge on any atom is 0.410 e. The molecule has 150 valence electrons. The van der Waals surface area contributed by atoms with E-state index in [9.17, 15) is 14.4 Å². The normalized spacial score (nSPS) is 18.2. The van der Waals surface area contributed by atoms with Gasteiger partial charge >= 0.3 is 6.09 Å². The number of benzene rings is 1. The number of likely N-dealkylation sites (tertiary alicyclic amines) is 1. The average Bonchev–Trinajstić information content (AvgIpc) is 2.90. The highest BCUT2D eigenvalue weighted by Gasteiger charge is 2.39. The van der Waals surface area contributed by atoms with Gasteiger partial charge in [-0.2, -0.15) is 0 Å². The molecule has 1 atom stereocenters. The monoisotopic (exact) mass is 404 g/mol. The molecule has 1 saturated heterocycles. The van der Waals surface area contributed by atoms with Crippen LogP contribution in [0, 0.1) is 0 Å². The van der Waals surface area contributed by atoms with E-state index in [2.05, 4.69) is 0 Å². The second kappa shape index (κ2) is 7.59. The van der Waals surface area contributed by atoms with Gasteiger partial charge in [-0.15, -0.1) is 0 Å². The first kappa shape index (κ1) is 20.4. The summed E-state index contributed by atoms with van der Waals surface area (Å²) in [6.07, 6.45) is 0.841. The molecule has 3 rings (SSSR count). The fraction of sp³-hybridized carbons (Fsp3) is 0.476. The Labute approximate surface area is 170 Å². The molecule has 2 aliphatic heterocycles. The second-order valence-corrected chi connectivity index (χ2v) is 8.53. The van der Waals surface area contributed by atoms with Crippen molar-refractivity contribution in [1.29, 1.82) is 0 Å². The molecule has 0 saturated carbocycles. The molecule has 7 heteroatoms. The Bertz CT molecular complexity index is 811. The summed E-state index contributed by atoms with van der Waals surface area (Å²) in [4.78, 5) is 40.4. The number of nitrogens with zero attached hydrogens (tertiary/aromatic N) is 2. The summed E-state index contributed by atoms with van der Waals surface area (Å²) in [5, 5.41) is 0.498. The zero-order chi connectivity index (χ0) is 20.6. The van der Waals surface area contributed by atoms with Crippen LogP contribution in [0.3, 0.4) is 0 Å². The number of amides is 3. The van der Waals surface area contributed by atoms with Gasteiger partial charge in [0.1, 0.15) is 5.60 Å². The maximum atomic E-state index is 12.7. The standard InChI is InChI=1S/C21H25ClN2O4/c1-13(24-18(25)15-7-5-6-8-16(15)19(24)26)17(22)14-9-11-23(12-10-14)20(27)28-21(2,3)4/h5-8,13H,9-12H2,1-4H3. The van der Waals surface area contributed by atoms with Crippen LogP contribution in [0.1, 0.15) is 61.3 Å². The number of imide groups is 1. The molecular formula is C21H25ClN2O4. The largest absolute Gasteiger partial charge is 0.444 e. The number of fused-ring (bicyclic) bond motifs is 1. The molecule has 1 fully saturated rings. The highest BCUT2D eigenvalue weighted by Crippen LogP contribution is 2.32. The molecule has 0 spiro atoms. The Morgan fingerprint density at radius 1 is 1.07 bits per heavy atom. The highest BCUT2D eigenvalue weighted by atomic mass is 35.5. The first-order valence-corrected chi connectivity index (χ1v) is 9.80. The van der Waals surface area contributed by atoms with Crippen molar-refractivity contribution in [2.75, 3.05) is 13.1 Å². The quantitative estimate of drug-likeness (QED) is 0.693. The Hall–Kier alpha value is -2.34. The molecule has 2 aliphatic rings. The van der Waals surface area contributed by atoms with E-state index in [4.69, 9.17) is 16.3 Å². The van der Waals surface area contributed by atoms with Crippen LogP contribution in [-0.4, -0.2) is 52.4 Å². The Balaban J connectivity index is 1.70. The van der Waals surface area contributed by atoms with Crippen molar-refractivity contribution in [2.45, 2.75) is 52.2 Å². The molecule has 2 heterocycles. The molecule has 3 amide bonds. The van der Waals surface area contributed by atoms with Crippen LogP contribution >= 0.6 is 11.6 Å². The third-order valence-electron chi connectivity index (χ3n) is 4.94. The van der Waals surface area contributed by atoms with Crippen LogP contribution in [0.15, 0.2) is 34.9 Å². The summed E-state index contributed by atoms with van der Waals surface area (Å²) < 4.78 is 5.41. The lowest BCUT2D eigenvalue weighted by Crippen LogP contribution is -2.41. The van der Waals surface area contributed by atoms with Crippen molar-refractivity contribution in [1.82, 2.24) is 9.80 Å². The van der Waals surface area contributed by atoms with E-state index in [-0.39, 0.29) is 17.9 Å². The molecular weight excluding hydrogens is 380 g/mol. The van der Waals surface area contributed by atoms with Crippen LogP contribution < -0.4 is 0 Å². The van der Waals surface area contributed by atoms with Gasteiger partial charge in [0, 0.05) is 18.1 Å². The Kier molecular flexibility index (Phi) is 5.53. The first-order valence-electron chi connectivity index (χ1n) is 9.42. The Morgan fingerprint density at radius 2 is 1.57 bits per heavy atom. The van der Waals surface area contributed by atoms with Crippen molar-refractivity contribution in [3.8, 4) is 0 Å². The number of ether oxygens (including phenoxy) is 1. The van der Waals surface area contributed by atoms with E-state index in [0.29, 0.717) is 42.1 Å². The Morgan fingerprint density at radius 3 is 2.04 bits per heavy atom. The smallest absolute Gasteiger partial charge is 0.410 e. The van der Waals surface area contributed by atoms with Gasteiger partial charge < -0.3 is 9.64 Å². The zero-order valence-electron chi connectivity index (χ0n) is 16.6. The summed E-state index contributed by atoms with van der Waals surface area (Å²) >= 11 is 6.60. The maximum absolute atomic E-state index is 12.7. The second-order valence-electron chi connectivity index (χ2n) is 8.12. The summed E-state index contributed by atoms with van der Waals surface area (Å²) in [5.41, 5.74) is 1.25. The fourth-order valence-corrected chi connectivity index (χ4v) is 3.78. The van der Waals surface area contributed by atoms with E-state index in [1.54, 1.807) is 36.1 Å². The van der Waals surface area contributed by atoms with E-state index in [1.807, 2.05) is 20.8 Å². The molecule has 6 nitrogen and oxygen atoms in total. The van der Waals surface area contributed by atoms with E-state index < -0.39 is 11.6 Å². The molecule has 0 N–H and O–H groups in total. The third-order valence-corrected chi connectivity index (χ3v) is 5.52. The number of rotatable bonds is 2. The summed E-state index contributed by atoms with van der Waals surface area (Å²) in [5.74, 6) is -0.643. The van der Waals surface area contributed by atoms with Gasteiger partial charge in [0.2, 0.25) is 0 Å². The molecule has 1 aromatic rings. The minimum absolute atomic E-state index is 0.321. The summed E-state index contributed by atoms with van der Waals surface area (Å²) in [7, 11) is 0. The minimum Gasteiger partial charge on any atom is -0.444 e. The van der Waals surface area contributed by atoms with Crippen LogP contribution in [0.5, 0.6) is 0 Å². The highest BCUT2D eigenvalue weighted by molar-refractivity contribution is 6.31. The van der Waals surface area contributed by atoms with E-state index in [0.717, 1.165) is 5.57 Å². The van der Waals surface area contributed by atoms with Crippen LogP contribution in [-0.2, 0) is 4.74 Å². The molecule has 0 radical (unpaired) electrons. The lowest BCUT2D eigenvalue weighted by molar-refractivity contribution is 0.0236. The first-order chi connectivity index (χ1) is 13.1. The molecule has 1 aromatic carbocycles. The third kappa shape index (κ3) is 3.92. The van der Waals surface area contributed by atoms with Crippen molar-refractivity contribution in [2.24, 2.45) is 0 Å². The van der Waals surface area contributed by atoms with Crippen molar-refractivity contribution < 1.29 is 19.1 Å². The number of hydrogen-bond donors (Lipinski definition) is 0. The van der Waals surface area contributed by atoms with Gasteiger partial charge in [0.05, 0.1) is 17.2 Å². The molecule has 28 heavy (non-hydrogen) atoms. The van der Waals surface area contributed by atoms with E-state index >= 15 is 0 Å². The number of carbonyl (C=O) groups is 3. The zero-order valence-corrected chi connectivity index (χ0v) is 17.4. The van der Waals surface area contributed by atoms with Crippen LogP contribution in [0.4, 0.5) is 4.79 Å². The topological polar surface area (TPSA) is 66.9 Å². The predicted octanol–water partition coefficient (Wildman–Crippen LogP) is 4.19. The average molecular weight is 405 g/mol. The fourth-order valence-electron chi connectivity index (χ4n) is 3.49. The number of halogens is 1. The lowest BCUT2D eigenvalue weighted by Gasteiger charge is -2.32. The SMILES string of the molecule is CC(C(Cl)=C1CCN(C(=O)OC(C)(C)C)CC1)N1C(=O)c2ccccc2C1=O. The van der Waals surface area contributed by atoms with Crippen molar-refractivity contribution in [3.63, 3.8) is 0 Å². The van der Waals surface area contributed by atoms with Crippen molar-refractivity contribution in [3.05, 3.63) is 46.0 Å². The minimum atomic E-state index is -0.544. The van der Waals surface area contributed by atoms with Gasteiger partial charge in [-0.3, -0.25) is 14.5 Å². The number of carbonyl (C=O) groups excluding carboxylic acids is 3. The van der Waals surface area contributed by atoms with Gasteiger partial charge in [0.25, 0.3) is 11.8 Å². The van der Waals surface area contributed by atoms with Gasteiger partial charge in [-0.05, 0) is 52.7 Å². The molecule has 0 aliphatic carbocycles. The van der Waals surface area contributed by atoms with Gasteiger partial charge in [0.15, 0.2) is 0 Å². The van der Waals surface area contributed by atoms with Gasteiger partial charge in [-0.25, -0.2) is 4.79 Å². The number of hydrogen-bond acceptors (Lipinski definition) is 4. The van der Waals surface area contributed by atoms with Crippen molar-refractivity contribution >= 4 is 29.5 Å². The lowest BCUT2D eigenvalue weighted by atomic mass is 10.0.